The van der Waals surface area contributed by atoms with Gasteiger partial charge in [-0.1, -0.05) is 24.3 Å². The Morgan fingerprint density at radius 3 is 2.48 bits per heavy atom. The molecule has 7 heteroatoms. The van der Waals surface area contributed by atoms with Gasteiger partial charge >= 0.3 is 0 Å². The Balaban J connectivity index is 1.58. The molecule has 160 valence electrons. The Morgan fingerprint density at radius 1 is 1.00 bits per heavy atom. The van der Waals surface area contributed by atoms with Crippen LogP contribution in [0.5, 0.6) is 17.2 Å². The first-order valence-electron chi connectivity index (χ1n) is 9.85. The number of halogens is 1. The maximum Gasteiger partial charge on any atom is 0.231 e. The highest BCUT2D eigenvalue weighted by molar-refractivity contribution is 7.80. The van der Waals surface area contributed by atoms with Crippen LogP contribution >= 0.6 is 12.2 Å². The fourth-order valence-electron chi connectivity index (χ4n) is 3.38. The number of fused-ring (bicyclic) bond motifs is 1. The lowest BCUT2D eigenvalue weighted by molar-refractivity contribution is 0.174. The number of anilines is 1. The molecule has 3 aromatic rings. The fourth-order valence-corrected chi connectivity index (χ4v) is 3.62. The van der Waals surface area contributed by atoms with Crippen LogP contribution in [-0.2, 0) is 13.1 Å². The van der Waals surface area contributed by atoms with Crippen LogP contribution in [-0.4, -0.2) is 23.9 Å². The van der Waals surface area contributed by atoms with Crippen LogP contribution in [0.15, 0.2) is 60.7 Å². The minimum atomic E-state index is -0.267. The summed E-state index contributed by atoms with van der Waals surface area (Å²) in [5.74, 6) is 1.89. The second-order valence-corrected chi connectivity index (χ2v) is 7.69. The van der Waals surface area contributed by atoms with Gasteiger partial charge in [-0.25, -0.2) is 4.39 Å². The summed E-state index contributed by atoms with van der Waals surface area (Å²) in [5, 5.41) is 3.84. The molecule has 0 atom stereocenters. The molecule has 0 aliphatic carbocycles. The van der Waals surface area contributed by atoms with Crippen LogP contribution < -0.4 is 19.5 Å². The van der Waals surface area contributed by atoms with Crippen molar-refractivity contribution >= 4 is 23.0 Å². The third kappa shape index (κ3) is 5.06. The Labute approximate surface area is 186 Å². The van der Waals surface area contributed by atoms with E-state index >= 15 is 0 Å². The summed E-state index contributed by atoms with van der Waals surface area (Å²) in [7, 11) is 1.63. The Morgan fingerprint density at radius 2 is 1.71 bits per heavy atom. The maximum absolute atomic E-state index is 13.4. The molecule has 0 saturated carbocycles. The van der Waals surface area contributed by atoms with Gasteiger partial charge < -0.3 is 24.4 Å². The van der Waals surface area contributed by atoms with Gasteiger partial charge in [0.25, 0.3) is 0 Å². The summed E-state index contributed by atoms with van der Waals surface area (Å²) in [5.41, 5.74) is 3.85. The van der Waals surface area contributed by atoms with E-state index in [1.54, 1.807) is 19.2 Å². The predicted molar refractivity (Wildman–Crippen MR) is 122 cm³/mol. The van der Waals surface area contributed by atoms with Gasteiger partial charge in [0.1, 0.15) is 11.6 Å². The number of ether oxygens (including phenoxy) is 3. The molecule has 5 nitrogen and oxygen atoms in total. The zero-order chi connectivity index (χ0) is 21.8. The molecule has 0 amide bonds. The molecule has 0 aromatic heterocycles. The predicted octanol–water partition coefficient (Wildman–Crippen LogP) is 5.27. The molecule has 0 fully saturated rings. The average molecular weight is 439 g/mol. The summed E-state index contributed by atoms with van der Waals surface area (Å²) >= 11 is 5.76. The van der Waals surface area contributed by atoms with E-state index in [2.05, 4.69) is 5.32 Å². The van der Waals surface area contributed by atoms with E-state index in [0.717, 1.165) is 33.9 Å². The molecular weight excluding hydrogens is 415 g/mol. The molecule has 0 saturated heterocycles. The SMILES string of the molecule is COc1ccc(C)cc1NC(=S)N(Cc1ccc(F)cc1)Cc1ccc2c(c1)OCO2. The van der Waals surface area contributed by atoms with E-state index in [4.69, 9.17) is 26.4 Å². The molecule has 0 spiro atoms. The van der Waals surface area contributed by atoms with Crippen molar-refractivity contribution in [2.45, 2.75) is 20.0 Å². The second-order valence-electron chi connectivity index (χ2n) is 7.30. The Hall–Kier alpha value is -3.32. The quantitative estimate of drug-likeness (QED) is 0.529. The van der Waals surface area contributed by atoms with Crippen LogP contribution in [0, 0.1) is 12.7 Å². The largest absolute Gasteiger partial charge is 0.495 e. The number of benzene rings is 3. The van der Waals surface area contributed by atoms with Gasteiger partial charge in [-0.15, -0.1) is 0 Å². The number of rotatable bonds is 6. The molecule has 1 N–H and O–H groups in total. The molecule has 0 unspecified atom stereocenters. The summed E-state index contributed by atoms with van der Waals surface area (Å²) in [4.78, 5) is 2.02. The van der Waals surface area contributed by atoms with E-state index in [1.807, 2.05) is 48.2 Å². The van der Waals surface area contributed by atoms with E-state index in [1.165, 1.54) is 12.1 Å². The number of nitrogens with one attached hydrogen (secondary N) is 1. The van der Waals surface area contributed by atoms with Gasteiger partial charge in [-0.3, -0.25) is 0 Å². The monoisotopic (exact) mass is 438 g/mol. The summed E-state index contributed by atoms with van der Waals surface area (Å²) in [6, 6.07) is 18.1. The number of thiocarbonyl (C=S) groups is 1. The lowest BCUT2D eigenvalue weighted by Crippen LogP contribution is -2.34. The van der Waals surface area contributed by atoms with E-state index < -0.39 is 0 Å². The second kappa shape index (κ2) is 9.22. The number of nitrogens with zero attached hydrogens (tertiary/aromatic N) is 1. The Bertz CT molecular complexity index is 1090. The molecule has 31 heavy (non-hydrogen) atoms. The summed E-state index contributed by atoms with van der Waals surface area (Å²) in [6.07, 6.45) is 0. The smallest absolute Gasteiger partial charge is 0.231 e. The lowest BCUT2D eigenvalue weighted by atomic mass is 10.1. The third-order valence-corrected chi connectivity index (χ3v) is 5.34. The van der Waals surface area contributed by atoms with Crippen molar-refractivity contribution in [1.29, 1.82) is 0 Å². The molecule has 3 aromatic carbocycles. The first-order valence-corrected chi connectivity index (χ1v) is 10.3. The van der Waals surface area contributed by atoms with Gasteiger partial charge in [0.2, 0.25) is 6.79 Å². The summed E-state index contributed by atoms with van der Waals surface area (Å²) in [6.45, 7) is 3.28. The Kier molecular flexibility index (Phi) is 6.23. The van der Waals surface area contributed by atoms with Crippen molar-refractivity contribution in [2.24, 2.45) is 0 Å². The van der Waals surface area contributed by atoms with Gasteiger partial charge in [-0.2, -0.15) is 0 Å². The van der Waals surface area contributed by atoms with Gasteiger partial charge in [-0.05, 0) is 72.2 Å². The van der Waals surface area contributed by atoms with E-state index in [0.29, 0.717) is 24.0 Å². The number of hydrogen-bond donors (Lipinski definition) is 1. The van der Waals surface area contributed by atoms with Crippen LogP contribution in [0.1, 0.15) is 16.7 Å². The van der Waals surface area contributed by atoms with E-state index in [9.17, 15) is 4.39 Å². The standard InChI is InChI=1S/C24H23FN2O3S/c1-16-3-9-21(28-2)20(11-16)26-24(31)27(13-17-4-7-19(25)8-5-17)14-18-6-10-22-23(12-18)30-15-29-22/h3-12H,13-15H2,1-2H3,(H,26,31). The highest BCUT2D eigenvalue weighted by Gasteiger charge is 2.17. The van der Waals surface area contributed by atoms with Gasteiger partial charge in [0, 0.05) is 13.1 Å². The van der Waals surface area contributed by atoms with Crippen molar-refractivity contribution in [3.63, 3.8) is 0 Å². The molecule has 1 aliphatic heterocycles. The number of methoxy groups -OCH3 is 1. The van der Waals surface area contributed by atoms with Gasteiger partial charge in [0.15, 0.2) is 16.6 Å². The molecule has 1 aliphatic rings. The maximum atomic E-state index is 13.4. The normalized spacial score (nSPS) is 11.8. The first-order chi connectivity index (χ1) is 15.0. The summed E-state index contributed by atoms with van der Waals surface area (Å²) < 4.78 is 29.8. The van der Waals surface area contributed by atoms with Gasteiger partial charge in [0.05, 0.1) is 12.8 Å². The lowest BCUT2D eigenvalue weighted by Gasteiger charge is -2.27. The van der Waals surface area contributed by atoms with Crippen molar-refractivity contribution in [2.75, 3.05) is 19.2 Å². The van der Waals surface area contributed by atoms with Crippen LogP contribution in [0.2, 0.25) is 0 Å². The van der Waals surface area contributed by atoms with E-state index in [-0.39, 0.29) is 12.6 Å². The van der Waals surface area contributed by atoms with Crippen LogP contribution in [0.4, 0.5) is 10.1 Å². The minimum Gasteiger partial charge on any atom is -0.495 e. The zero-order valence-electron chi connectivity index (χ0n) is 17.4. The van der Waals surface area contributed by atoms with Crippen LogP contribution in [0.3, 0.4) is 0 Å². The molecule has 0 bridgehead atoms. The number of aryl methyl sites for hydroxylation is 1. The zero-order valence-corrected chi connectivity index (χ0v) is 18.2. The topological polar surface area (TPSA) is 43.0 Å². The van der Waals surface area contributed by atoms with Crippen molar-refractivity contribution in [1.82, 2.24) is 4.90 Å². The third-order valence-electron chi connectivity index (χ3n) is 4.98. The van der Waals surface area contributed by atoms with Crippen molar-refractivity contribution < 1.29 is 18.6 Å². The first kappa shape index (κ1) is 20.9. The van der Waals surface area contributed by atoms with Crippen LogP contribution in [0.25, 0.3) is 0 Å². The van der Waals surface area contributed by atoms with Crippen molar-refractivity contribution in [3.05, 3.63) is 83.2 Å². The number of hydrogen-bond acceptors (Lipinski definition) is 4. The molecular formula is C24H23FN2O3S. The molecule has 0 radical (unpaired) electrons. The average Bonchev–Trinajstić information content (AvgIpc) is 3.23. The fraction of sp³-hybridized carbons (Fsp3) is 0.208. The minimum absolute atomic E-state index is 0.227. The highest BCUT2D eigenvalue weighted by atomic mass is 32.1. The highest BCUT2D eigenvalue weighted by Crippen LogP contribution is 2.33. The van der Waals surface area contributed by atoms with Crippen molar-refractivity contribution in [3.8, 4) is 17.2 Å². The molecule has 1 heterocycles. The molecule has 4 rings (SSSR count).